The minimum Gasteiger partial charge on any atom is -0.307 e. The van der Waals surface area contributed by atoms with Crippen LogP contribution in [0.3, 0.4) is 0 Å². The van der Waals surface area contributed by atoms with Gasteiger partial charge < -0.3 is 4.57 Å². The molecule has 11 rings (SSSR count). The van der Waals surface area contributed by atoms with Crippen molar-refractivity contribution in [3.05, 3.63) is 206 Å². The molecule has 3 aromatic heterocycles. The SMILES string of the molecule is [C-]#[N+]c1ccc2c(c1)c1ccc3c4ccccc4n(-c4nc(-c5ccccc5)nc(-c5cccc(-c6ccccc6)c5)n4)c3c1n2-c1cccc(-c2ccccc2)c1. The van der Waals surface area contributed by atoms with Crippen LogP contribution in [0.25, 0.3) is 105 Å². The Morgan fingerprint density at radius 3 is 1.60 bits per heavy atom. The monoisotopic (exact) mass is 740 g/mol. The lowest BCUT2D eigenvalue weighted by molar-refractivity contribution is 0.953. The molecule has 270 valence electrons. The summed E-state index contributed by atoms with van der Waals surface area (Å²) in [5.41, 5.74) is 11.8. The first-order valence-corrected chi connectivity index (χ1v) is 19.2. The second-order valence-electron chi connectivity index (χ2n) is 14.4. The van der Waals surface area contributed by atoms with Crippen LogP contribution in [-0.2, 0) is 0 Å². The summed E-state index contributed by atoms with van der Waals surface area (Å²) in [6, 6.07) is 66.9. The lowest BCUT2D eigenvalue weighted by atomic mass is 10.0. The van der Waals surface area contributed by atoms with Gasteiger partial charge in [0.15, 0.2) is 17.3 Å². The molecule has 6 heteroatoms. The Bertz CT molecular complexity index is 3390. The zero-order valence-corrected chi connectivity index (χ0v) is 31.2. The maximum absolute atomic E-state index is 7.91. The normalized spacial score (nSPS) is 11.4. The third kappa shape index (κ3) is 5.45. The van der Waals surface area contributed by atoms with E-state index in [4.69, 9.17) is 21.5 Å². The molecular weight excluding hydrogens is 709 g/mol. The third-order valence-corrected chi connectivity index (χ3v) is 11.0. The zero-order chi connectivity index (χ0) is 38.6. The van der Waals surface area contributed by atoms with E-state index in [0.717, 1.165) is 82.7 Å². The van der Waals surface area contributed by atoms with E-state index >= 15 is 0 Å². The molecule has 0 aliphatic heterocycles. The quantitative estimate of drug-likeness (QED) is 0.160. The molecule has 0 saturated heterocycles. The van der Waals surface area contributed by atoms with Gasteiger partial charge in [0.25, 0.3) is 0 Å². The Labute approximate surface area is 334 Å². The molecule has 6 nitrogen and oxygen atoms in total. The molecule has 0 unspecified atom stereocenters. The van der Waals surface area contributed by atoms with Crippen LogP contribution in [0.1, 0.15) is 0 Å². The number of rotatable bonds is 6. The Kier molecular flexibility index (Phi) is 7.76. The summed E-state index contributed by atoms with van der Waals surface area (Å²) in [5, 5.41) is 4.21. The van der Waals surface area contributed by atoms with Gasteiger partial charge in [0, 0.05) is 33.0 Å². The summed E-state index contributed by atoms with van der Waals surface area (Å²) in [4.78, 5) is 19.6. The molecule has 11 aromatic rings. The van der Waals surface area contributed by atoms with Gasteiger partial charge in [-0.2, -0.15) is 9.97 Å². The third-order valence-electron chi connectivity index (χ3n) is 11.0. The highest BCUT2D eigenvalue weighted by Crippen LogP contribution is 2.43. The Hall–Kier alpha value is -8.14. The molecule has 0 atom stereocenters. The zero-order valence-electron chi connectivity index (χ0n) is 31.2. The highest BCUT2D eigenvalue weighted by Gasteiger charge is 2.24. The smallest absolute Gasteiger partial charge is 0.238 e. The average Bonchev–Trinajstić information content (AvgIpc) is 3.82. The summed E-state index contributed by atoms with van der Waals surface area (Å²) >= 11 is 0. The lowest BCUT2D eigenvalue weighted by Gasteiger charge is -2.14. The van der Waals surface area contributed by atoms with E-state index in [2.05, 4.69) is 154 Å². The van der Waals surface area contributed by atoms with Gasteiger partial charge in [0.1, 0.15) is 0 Å². The Morgan fingerprint density at radius 1 is 0.362 bits per heavy atom. The van der Waals surface area contributed by atoms with Gasteiger partial charge in [-0.25, -0.2) is 9.83 Å². The molecule has 0 N–H and O–H groups in total. The first-order valence-electron chi connectivity index (χ1n) is 19.2. The maximum Gasteiger partial charge on any atom is 0.238 e. The van der Waals surface area contributed by atoms with Gasteiger partial charge in [-0.1, -0.05) is 158 Å². The van der Waals surface area contributed by atoms with E-state index in [0.29, 0.717) is 23.3 Å². The lowest BCUT2D eigenvalue weighted by Crippen LogP contribution is -2.07. The van der Waals surface area contributed by atoms with Crippen molar-refractivity contribution in [2.45, 2.75) is 0 Å². The number of nitrogens with zero attached hydrogens (tertiary/aromatic N) is 6. The molecule has 3 heterocycles. The van der Waals surface area contributed by atoms with Crippen molar-refractivity contribution in [3.63, 3.8) is 0 Å². The van der Waals surface area contributed by atoms with Crippen molar-refractivity contribution >= 4 is 49.3 Å². The molecule has 0 saturated carbocycles. The van der Waals surface area contributed by atoms with Gasteiger partial charge in [0.05, 0.1) is 28.6 Å². The molecule has 0 fully saturated rings. The standard InChI is InChI=1S/C52H32N6/c1-53-40-27-30-47-45(33-40)44-29-28-43-42-25-11-12-26-46(42)58(49(43)48(44)57(47)41-24-14-22-38(32-41)35-17-7-3-8-18-35)52-55-50(36-19-9-4-10-20-36)54-51(56-52)39-23-13-21-37(31-39)34-15-5-2-6-16-34/h2-33H. The Balaban J connectivity index is 1.25. The second kappa shape index (κ2) is 13.6. The van der Waals surface area contributed by atoms with E-state index in [-0.39, 0.29) is 0 Å². The van der Waals surface area contributed by atoms with Gasteiger partial charge >= 0.3 is 0 Å². The summed E-state index contributed by atoms with van der Waals surface area (Å²) in [5.74, 6) is 1.68. The molecular formula is C52H32N6. The number of para-hydroxylation sites is 1. The van der Waals surface area contributed by atoms with E-state index in [1.54, 1.807) is 0 Å². The van der Waals surface area contributed by atoms with Gasteiger partial charge in [0.2, 0.25) is 5.95 Å². The molecule has 0 spiro atoms. The highest BCUT2D eigenvalue weighted by molar-refractivity contribution is 6.24. The molecule has 0 aliphatic carbocycles. The summed E-state index contributed by atoms with van der Waals surface area (Å²) < 4.78 is 4.55. The van der Waals surface area contributed by atoms with Crippen molar-refractivity contribution in [1.82, 2.24) is 24.1 Å². The molecule has 8 aromatic carbocycles. The van der Waals surface area contributed by atoms with Crippen molar-refractivity contribution in [3.8, 4) is 56.7 Å². The maximum atomic E-state index is 7.91. The number of benzene rings is 8. The fourth-order valence-corrected chi connectivity index (χ4v) is 8.32. The van der Waals surface area contributed by atoms with Crippen molar-refractivity contribution in [2.75, 3.05) is 0 Å². The summed E-state index contributed by atoms with van der Waals surface area (Å²) in [6.07, 6.45) is 0. The van der Waals surface area contributed by atoms with Gasteiger partial charge in [-0.3, -0.25) is 4.57 Å². The van der Waals surface area contributed by atoms with E-state index < -0.39 is 0 Å². The number of hydrogen-bond acceptors (Lipinski definition) is 3. The van der Waals surface area contributed by atoms with Crippen LogP contribution >= 0.6 is 0 Å². The van der Waals surface area contributed by atoms with Crippen LogP contribution in [0.4, 0.5) is 5.69 Å². The van der Waals surface area contributed by atoms with E-state index in [9.17, 15) is 0 Å². The topological polar surface area (TPSA) is 52.9 Å². The largest absolute Gasteiger partial charge is 0.307 e. The Morgan fingerprint density at radius 2 is 0.897 bits per heavy atom. The minimum absolute atomic E-state index is 0.518. The van der Waals surface area contributed by atoms with Crippen molar-refractivity contribution in [1.29, 1.82) is 0 Å². The van der Waals surface area contributed by atoms with Crippen LogP contribution in [-0.4, -0.2) is 24.1 Å². The first kappa shape index (κ1) is 33.2. The number of hydrogen-bond donors (Lipinski definition) is 0. The van der Waals surface area contributed by atoms with Crippen LogP contribution in [0, 0.1) is 6.57 Å². The van der Waals surface area contributed by atoms with Crippen molar-refractivity contribution in [2.24, 2.45) is 0 Å². The highest BCUT2D eigenvalue weighted by atomic mass is 15.2. The first-order chi connectivity index (χ1) is 28.7. The molecule has 0 bridgehead atoms. The van der Waals surface area contributed by atoms with Gasteiger partial charge in [-0.15, -0.1) is 0 Å². The molecule has 0 aliphatic rings. The fraction of sp³-hybridized carbons (Fsp3) is 0. The van der Waals surface area contributed by atoms with E-state index in [1.165, 1.54) is 0 Å². The van der Waals surface area contributed by atoms with E-state index in [1.807, 2.05) is 54.6 Å². The van der Waals surface area contributed by atoms with Crippen LogP contribution in [0.2, 0.25) is 0 Å². The van der Waals surface area contributed by atoms with Gasteiger partial charge in [-0.05, 0) is 64.0 Å². The predicted molar refractivity (Wildman–Crippen MR) is 237 cm³/mol. The van der Waals surface area contributed by atoms with Crippen LogP contribution in [0.15, 0.2) is 194 Å². The number of aromatic nitrogens is 5. The molecule has 0 amide bonds. The van der Waals surface area contributed by atoms with Crippen molar-refractivity contribution < 1.29 is 0 Å². The molecule has 0 radical (unpaired) electrons. The predicted octanol–water partition coefficient (Wildman–Crippen LogP) is 13.3. The summed E-state index contributed by atoms with van der Waals surface area (Å²) in [6.45, 7) is 7.91. The second-order valence-corrected chi connectivity index (χ2v) is 14.4. The number of fused-ring (bicyclic) bond motifs is 7. The average molecular weight is 741 g/mol. The summed E-state index contributed by atoms with van der Waals surface area (Å²) in [7, 11) is 0. The fourth-order valence-electron chi connectivity index (χ4n) is 8.32. The van der Waals surface area contributed by atoms with Crippen LogP contribution in [0.5, 0.6) is 0 Å². The molecule has 58 heavy (non-hydrogen) atoms. The minimum atomic E-state index is 0.518. The van der Waals surface area contributed by atoms with Crippen LogP contribution < -0.4 is 0 Å².